The maximum absolute atomic E-state index is 12.4. The molecule has 0 spiro atoms. The van der Waals surface area contributed by atoms with E-state index in [1.165, 1.54) is 7.11 Å². The van der Waals surface area contributed by atoms with Crippen LogP contribution in [0.1, 0.15) is 61.1 Å². The van der Waals surface area contributed by atoms with E-state index in [1.807, 2.05) is 18.4 Å². The molecule has 2 aromatic rings. The molecule has 1 atom stereocenters. The van der Waals surface area contributed by atoms with E-state index in [1.54, 1.807) is 6.07 Å². The summed E-state index contributed by atoms with van der Waals surface area (Å²) in [5.74, 6) is -0.182. The number of esters is 1. The normalized spacial score (nSPS) is 15.6. The van der Waals surface area contributed by atoms with Crippen molar-refractivity contribution in [2.45, 2.75) is 45.1 Å². The number of carbonyl (C=O) groups excluding carboxylic acids is 1. The van der Waals surface area contributed by atoms with E-state index in [0.29, 0.717) is 16.3 Å². The SMILES string of the molecule is CC[C@H](C)n1c(=S)[nH]c(=O)c2c(C(=O)OC)cc(C3CC3)nc21. The number of methoxy groups -OCH3 is 1. The van der Waals surface area contributed by atoms with Crippen molar-refractivity contribution in [3.8, 4) is 0 Å². The number of nitrogens with zero attached hydrogens (tertiary/aromatic N) is 2. The molecule has 3 rings (SSSR count). The number of aromatic amines is 1. The minimum absolute atomic E-state index is 0.0642. The molecule has 0 aromatic carbocycles. The molecule has 7 heteroatoms. The number of pyridine rings is 1. The molecule has 2 aromatic heterocycles. The lowest BCUT2D eigenvalue weighted by Crippen LogP contribution is -2.21. The average molecular weight is 333 g/mol. The smallest absolute Gasteiger partial charge is 0.338 e. The summed E-state index contributed by atoms with van der Waals surface area (Å²) < 4.78 is 7.01. The van der Waals surface area contributed by atoms with Gasteiger partial charge in [0, 0.05) is 17.7 Å². The second kappa shape index (κ2) is 5.88. The predicted octanol–water partition coefficient (Wildman–Crippen LogP) is 3.09. The fourth-order valence-corrected chi connectivity index (χ4v) is 3.07. The van der Waals surface area contributed by atoms with Crippen LogP contribution in [0.4, 0.5) is 0 Å². The molecule has 1 aliphatic rings. The van der Waals surface area contributed by atoms with Crippen molar-refractivity contribution in [1.29, 1.82) is 0 Å². The molecule has 122 valence electrons. The van der Waals surface area contributed by atoms with Crippen LogP contribution in [0, 0.1) is 4.77 Å². The first-order chi connectivity index (χ1) is 11.0. The summed E-state index contributed by atoms with van der Waals surface area (Å²) in [5.41, 5.74) is 1.15. The van der Waals surface area contributed by atoms with Gasteiger partial charge in [-0.2, -0.15) is 0 Å². The number of H-pyrrole nitrogens is 1. The van der Waals surface area contributed by atoms with Crippen molar-refractivity contribution in [2.24, 2.45) is 0 Å². The molecule has 1 aliphatic carbocycles. The first-order valence-corrected chi connectivity index (χ1v) is 8.16. The van der Waals surface area contributed by atoms with Gasteiger partial charge in [-0.25, -0.2) is 9.78 Å². The van der Waals surface area contributed by atoms with Crippen LogP contribution >= 0.6 is 12.2 Å². The van der Waals surface area contributed by atoms with Gasteiger partial charge in [-0.15, -0.1) is 0 Å². The number of fused-ring (bicyclic) bond motifs is 1. The highest BCUT2D eigenvalue weighted by molar-refractivity contribution is 7.71. The minimum Gasteiger partial charge on any atom is -0.465 e. The number of rotatable bonds is 4. The molecule has 6 nitrogen and oxygen atoms in total. The summed E-state index contributed by atoms with van der Waals surface area (Å²) in [6, 6.07) is 1.75. The maximum Gasteiger partial charge on any atom is 0.338 e. The zero-order valence-corrected chi connectivity index (χ0v) is 14.2. The fourth-order valence-electron chi connectivity index (χ4n) is 2.72. The minimum atomic E-state index is -0.530. The summed E-state index contributed by atoms with van der Waals surface area (Å²) in [5, 5.41) is 0.246. The first kappa shape index (κ1) is 15.9. The van der Waals surface area contributed by atoms with Crippen LogP contribution in [0.5, 0.6) is 0 Å². The van der Waals surface area contributed by atoms with Crippen molar-refractivity contribution in [1.82, 2.24) is 14.5 Å². The molecule has 23 heavy (non-hydrogen) atoms. The third kappa shape index (κ3) is 2.69. The molecule has 0 bridgehead atoms. The van der Waals surface area contributed by atoms with E-state index >= 15 is 0 Å². The van der Waals surface area contributed by atoms with Gasteiger partial charge in [-0.05, 0) is 44.5 Å². The molecule has 1 fully saturated rings. The lowest BCUT2D eigenvalue weighted by molar-refractivity contribution is 0.0602. The van der Waals surface area contributed by atoms with Gasteiger partial charge in [0.2, 0.25) is 0 Å². The Morgan fingerprint density at radius 3 is 2.83 bits per heavy atom. The van der Waals surface area contributed by atoms with Gasteiger partial charge in [0.1, 0.15) is 5.65 Å². The quantitative estimate of drug-likeness (QED) is 0.687. The highest BCUT2D eigenvalue weighted by Gasteiger charge is 2.29. The summed E-state index contributed by atoms with van der Waals surface area (Å²) in [6.07, 6.45) is 2.93. The van der Waals surface area contributed by atoms with Gasteiger partial charge in [0.05, 0.1) is 18.1 Å². The molecule has 0 saturated heterocycles. The topological polar surface area (TPSA) is 77.0 Å². The predicted molar refractivity (Wildman–Crippen MR) is 89.5 cm³/mol. The molecule has 0 radical (unpaired) electrons. The number of carbonyl (C=O) groups is 1. The Hall–Kier alpha value is -2.02. The van der Waals surface area contributed by atoms with Gasteiger partial charge in [-0.1, -0.05) is 6.92 Å². The highest BCUT2D eigenvalue weighted by atomic mass is 32.1. The molecule has 0 aliphatic heterocycles. The summed E-state index contributed by atoms with van der Waals surface area (Å²) >= 11 is 5.32. The lowest BCUT2D eigenvalue weighted by atomic mass is 10.1. The Labute approximate surface area is 138 Å². The number of aromatic nitrogens is 3. The van der Waals surface area contributed by atoms with Crippen molar-refractivity contribution in [3.05, 3.63) is 32.4 Å². The molecule has 1 saturated carbocycles. The van der Waals surface area contributed by atoms with E-state index in [2.05, 4.69) is 9.97 Å². The van der Waals surface area contributed by atoms with Gasteiger partial charge >= 0.3 is 5.97 Å². The van der Waals surface area contributed by atoms with Crippen molar-refractivity contribution in [2.75, 3.05) is 7.11 Å². The third-order valence-electron chi connectivity index (χ3n) is 4.35. The number of hydrogen-bond acceptors (Lipinski definition) is 5. The third-order valence-corrected chi connectivity index (χ3v) is 4.65. The summed E-state index contributed by atoms with van der Waals surface area (Å²) in [4.78, 5) is 31.9. The zero-order valence-electron chi connectivity index (χ0n) is 13.4. The summed E-state index contributed by atoms with van der Waals surface area (Å²) in [6.45, 7) is 4.05. The average Bonchev–Trinajstić information content (AvgIpc) is 3.37. The summed E-state index contributed by atoms with van der Waals surface area (Å²) in [7, 11) is 1.31. The van der Waals surface area contributed by atoms with E-state index in [0.717, 1.165) is 25.0 Å². The zero-order chi connectivity index (χ0) is 16.7. The molecular formula is C16H19N3O3S. The highest BCUT2D eigenvalue weighted by Crippen LogP contribution is 2.40. The Morgan fingerprint density at radius 1 is 1.57 bits per heavy atom. The van der Waals surface area contributed by atoms with Crippen molar-refractivity contribution >= 4 is 29.2 Å². The second-order valence-corrected chi connectivity index (χ2v) is 6.33. The Kier molecular flexibility index (Phi) is 4.06. The largest absolute Gasteiger partial charge is 0.465 e. The monoisotopic (exact) mass is 333 g/mol. The van der Waals surface area contributed by atoms with Crippen LogP contribution in [-0.2, 0) is 4.74 Å². The van der Waals surface area contributed by atoms with E-state index in [9.17, 15) is 9.59 Å². The number of nitrogens with one attached hydrogen (secondary N) is 1. The molecule has 0 unspecified atom stereocenters. The van der Waals surface area contributed by atoms with Gasteiger partial charge in [0.15, 0.2) is 4.77 Å². The molecule has 0 amide bonds. The maximum atomic E-state index is 12.4. The van der Waals surface area contributed by atoms with Crippen molar-refractivity contribution < 1.29 is 9.53 Å². The van der Waals surface area contributed by atoms with Crippen LogP contribution in [0.2, 0.25) is 0 Å². The molecular weight excluding hydrogens is 314 g/mol. The number of ether oxygens (including phenoxy) is 1. The van der Waals surface area contributed by atoms with Gasteiger partial charge < -0.3 is 4.74 Å². The first-order valence-electron chi connectivity index (χ1n) is 7.75. The van der Waals surface area contributed by atoms with Crippen molar-refractivity contribution in [3.63, 3.8) is 0 Å². The van der Waals surface area contributed by atoms with Gasteiger partial charge in [0.25, 0.3) is 5.56 Å². The Bertz CT molecular complexity index is 896. The van der Waals surface area contributed by atoms with E-state index in [-0.39, 0.29) is 17.0 Å². The molecule has 2 heterocycles. The molecule has 1 N–H and O–H groups in total. The second-order valence-electron chi connectivity index (χ2n) is 5.95. The van der Waals surface area contributed by atoms with Crippen LogP contribution in [0.15, 0.2) is 10.9 Å². The standard InChI is InChI=1S/C16H19N3O3S/c1-4-8(2)19-13-12(14(20)18-16(19)23)10(15(21)22-3)7-11(17-13)9-5-6-9/h7-9H,4-6H2,1-3H3,(H,18,20,23)/t8-/m0/s1. The van der Waals surface area contributed by atoms with E-state index in [4.69, 9.17) is 17.0 Å². The Morgan fingerprint density at radius 2 is 2.26 bits per heavy atom. The van der Waals surface area contributed by atoms with Gasteiger partial charge in [-0.3, -0.25) is 14.3 Å². The van der Waals surface area contributed by atoms with E-state index < -0.39 is 11.5 Å². The fraction of sp³-hybridized carbons (Fsp3) is 0.500. The van der Waals surface area contributed by atoms with Crippen LogP contribution in [-0.4, -0.2) is 27.6 Å². The van der Waals surface area contributed by atoms with Crippen LogP contribution < -0.4 is 5.56 Å². The van der Waals surface area contributed by atoms with Crippen LogP contribution in [0.25, 0.3) is 11.0 Å². The van der Waals surface area contributed by atoms with Crippen LogP contribution in [0.3, 0.4) is 0 Å². The number of hydrogen-bond donors (Lipinski definition) is 1. The lowest BCUT2D eigenvalue weighted by Gasteiger charge is -2.18. The Balaban J connectivity index is 2.45.